The molecule has 0 bridgehead atoms. The van der Waals surface area contributed by atoms with Gasteiger partial charge in [-0.25, -0.2) is 19.6 Å². The van der Waals surface area contributed by atoms with E-state index < -0.39 is 11.6 Å². The number of nitrogen functional groups attached to an aromatic ring is 1. The van der Waals surface area contributed by atoms with Gasteiger partial charge in [0.05, 0.1) is 12.0 Å². The number of hydrazine groups is 1. The van der Waals surface area contributed by atoms with Gasteiger partial charge in [-0.15, -0.1) is 0 Å². The lowest BCUT2D eigenvalue weighted by atomic mass is 10.4. The normalized spacial score (nSPS) is 10.5. The molecule has 2 heterocycles. The Hall–Kier alpha value is -1.60. The molecule has 90 valence electrons. The minimum absolute atomic E-state index is 0.0655. The van der Waals surface area contributed by atoms with Gasteiger partial charge in [0.2, 0.25) is 0 Å². The predicted molar refractivity (Wildman–Crippen MR) is 60.2 cm³/mol. The number of aromatic nitrogens is 1. The van der Waals surface area contributed by atoms with Crippen LogP contribution in [0.5, 0.6) is 0 Å². The number of pyridine rings is 1. The summed E-state index contributed by atoms with van der Waals surface area (Å²) in [7, 11) is 0. The molecule has 0 radical (unpaired) electrons. The van der Waals surface area contributed by atoms with Crippen LogP contribution in [0.2, 0.25) is 0 Å². The van der Waals surface area contributed by atoms with Crippen molar-refractivity contribution < 1.29 is 13.2 Å². The Balaban J connectivity index is 2.15. The third-order valence-electron chi connectivity index (χ3n) is 1.97. The van der Waals surface area contributed by atoms with Gasteiger partial charge in [-0.1, -0.05) is 11.8 Å². The average Bonchev–Trinajstić information content (AvgIpc) is 2.81. The standard InChI is InChI=1S/C10H9F2N3OS/c11-7-4-8(12)10(14-9(7)15-13)17-5-6-2-1-3-16-6/h1-4H,5,13H2,(H,14,15). The second-order valence-electron chi connectivity index (χ2n) is 3.12. The zero-order valence-corrected chi connectivity index (χ0v) is 9.43. The summed E-state index contributed by atoms with van der Waals surface area (Å²) in [4.78, 5) is 3.72. The van der Waals surface area contributed by atoms with Crippen LogP contribution in [0.4, 0.5) is 14.6 Å². The van der Waals surface area contributed by atoms with E-state index in [1.807, 2.05) is 0 Å². The van der Waals surface area contributed by atoms with E-state index in [2.05, 4.69) is 10.4 Å². The second-order valence-corrected chi connectivity index (χ2v) is 4.08. The third kappa shape index (κ3) is 2.75. The number of halogens is 2. The number of nitrogens with two attached hydrogens (primary N) is 1. The monoisotopic (exact) mass is 257 g/mol. The number of hydrogen-bond acceptors (Lipinski definition) is 5. The van der Waals surface area contributed by atoms with Crippen LogP contribution in [0.3, 0.4) is 0 Å². The van der Waals surface area contributed by atoms with E-state index >= 15 is 0 Å². The first-order chi connectivity index (χ1) is 8.20. The van der Waals surface area contributed by atoms with Crippen LogP contribution in [0.1, 0.15) is 5.76 Å². The van der Waals surface area contributed by atoms with Gasteiger partial charge in [-0.05, 0) is 12.1 Å². The Kier molecular flexibility index (Phi) is 3.60. The maximum absolute atomic E-state index is 13.4. The number of anilines is 1. The number of hydrogen-bond donors (Lipinski definition) is 2. The van der Waals surface area contributed by atoms with Crippen molar-refractivity contribution in [2.24, 2.45) is 5.84 Å². The van der Waals surface area contributed by atoms with E-state index in [-0.39, 0.29) is 10.8 Å². The first kappa shape index (κ1) is 11.9. The molecule has 17 heavy (non-hydrogen) atoms. The summed E-state index contributed by atoms with van der Waals surface area (Å²) >= 11 is 1.10. The molecule has 2 aromatic heterocycles. The van der Waals surface area contributed by atoms with E-state index in [9.17, 15) is 8.78 Å². The smallest absolute Gasteiger partial charge is 0.177 e. The summed E-state index contributed by atoms with van der Waals surface area (Å²) in [5.41, 5.74) is 2.07. The molecule has 0 atom stereocenters. The lowest BCUT2D eigenvalue weighted by Gasteiger charge is -2.05. The van der Waals surface area contributed by atoms with Gasteiger partial charge in [0.15, 0.2) is 17.5 Å². The van der Waals surface area contributed by atoms with Crippen LogP contribution in [-0.2, 0) is 5.75 Å². The lowest BCUT2D eigenvalue weighted by Crippen LogP contribution is -2.11. The first-order valence-electron chi connectivity index (χ1n) is 4.68. The minimum atomic E-state index is -0.827. The molecule has 0 amide bonds. The van der Waals surface area contributed by atoms with Crippen LogP contribution < -0.4 is 11.3 Å². The van der Waals surface area contributed by atoms with Gasteiger partial charge in [-0.3, -0.25) is 0 Å². The van der Waals surface area contributed by atoms with Gasteiger partial charge in [0.1, 0.15) is 10.8 Å². The fourth-order valence-corrected chi connectivity index (χ4v) is 1.98. The van der Waals surface area contributed by atoms with Crippen molar-refractivity contribution in [1.82, 2.24) is 4.98 Å². The molecule has 2 rings (SSSR count). The number of thioether (sulfide) groups is 1. The highest BCUT2D eigenvalue weighted by atomic mass is 32.2. The number of nitrogens with zero attached hydrogens (tertiary/aromatic N) is 1. The largest absolute Gasteiger partial charge is 0.468 e. The van der Waals surface area contributed by atoms with Crippen molar-refractivity contribution >= 4 is 17.6 Å². The summed E-state index contributed by atoms with van der Waals surface area (Å²) in [5, 5.41) is 0.0655. The number of furan rings is 1. The highest BCUT2D eigenvalue weighted by Gasteiger charge is 2.12. The molecule has 4 nitrogen and oxygen atoms in total. The molecule has 0 unspecified atom stereocenters. The van der Waals surface area contributed by atoms with Crippen LogP contribution >= 0.6 is 11.8 Å². The van der Waals surface area contributed by atoms with E-state index in [4.69, 9.17) is 10.3 Å². The Bertz CT molecular complexity index is 505. The predicted octanol–water partition coefficient (Wildman–Crippen LogP) is 2.53. The molecule has 0 fully saturated rings. The number of nitrogens with one attached hydrogen (secondary N) is 1. The molecule has 0 aliphatic carbocycles. The maximum atomic E-state index is 13.4. The zero-order chi connectivity index (χ0) is 12.3. The fraction of sp³-hybridized carbons (Fsp3) is 0.100. The van der Waals surface area contributed by atoms with Gasteiger partial charge < -0.3 is 9.84 Å². The van der Waals surface area contributed by atoms with E-state index in [1.54, 1.807) is 12.1 Å². The van der Waals surface area contributed by atoms with E-state index in [0.717, 1.165) is 17.8 Å². The molecule has 0 spiro atoms. The van der Waals surface area contributed by atoms with Crippen LogP contribution in [0, 0.1) is 11.6 Å². The topological polar surface area (TPSA) is 64.1 Å². The van der Waals surface area contributed by atoms with Crippen molar-refractivity contribution in [3.8, 4) is 0 Å². The average molecular weight is 257 g/mol. The summed E-state index contributed by atoms with van der Waals surface area (Å²) in [6, 6.07) is 4.24. The summed E-state index contributed by atoms with van der Waals surface area (Å²) in [6.45, 7) is 0. The molecular formula is C10H9F2N3OS. The van der Waals surface area contributed by atoms with Crippen molar-refractivity contribution in [3.63, 3.8) is 0 Å². The van der Waals surface area contributed by atoms with E-state index in [1.165, 1.54) is 6.26 Å². The van der Waals surface area contributed by atoms with Gasteiger partial charge in [0, 0.05) is 6.07 Å². The van der Waals surface area contributed by atoms with Crippen LogP contribution in [0.25, 0.3) is 0 Å². The molecule has 0 aromatic carbocycles. The third-order valence-corrected chi connectivity index (χ3v) is 2.95. The Morgan fingerprint density at radius 2 is 2.24 bits per heavy atom. The number of rotatable bonds is 4. The molecule has 0 saturated carbocycles. The summed E-state index contributed by atoms with van der Waals surface area (Å²) in [6.07, 6.45) is 1.53. The SMILES string of the molecule is NNc1nc(SCc2ccco2)c(F)cc1F. The van der Waals surface area contributed by atoms with Crippen molar-refractivity contribution in [2.45, 2.75) is 10.8 Å². The van der Waals surface area contributed by atoms with E-state index in [0.29, 0.717) is 11.5 Å². The Morgan fingerprint density at radius 3 is 2.88 bits per heavy atom. The molecular weight excluding hydrogens is 248 g/mol. The molecule has 7 heteroatoms. The van der Waals surface area contributed by atoms with Gasteiger partial charge >= 0.3 is 0 Å². The summed E-state index contributed by atoms with van der Waals surface area (Å²) in [5.74, 6) is 4.41. The highest BCUT2D eigenvalue weighted by Crippen LogP contribution is 2.26. The first-order valence-corrected chi connectivity index (χ1v) is 5.67. The molecule has 3 N–H and O–H groups in total. The van der Waals surface area contributed by atoms with Gasteiger partial charge in [-0.2, -0.15) is 0 Å². The minimum Gasteiger partial charge on any atom is -0.468 e. The Morgan fingerprint density at radius 1 is 1.41 bits per heavy atom. The molecule has 0 aliphatic rings. The lowest BCUT2D eigenvalue weighted by molar-refractivity contribution is 0.529. The summed E-state index contributed by atoms with van der Waals surface area (Å²) < 4.78 is 31.5. The fourth-order valence-electron chi connectivity index (χ4n) is 1.19. The quantitative estimate of drug-likeness (QED) is 0.500. The molecule has 2 aromatic rings. The van der Waals surface area contributed by atoms with Crippen molar-refractivity contribution in [1.29, 1.82) is 0 Å². The Labute approximate surface area is 100 Å². The van der Waals surface area contributed by atoms with Crippen LogP contribution in [-0.4, -0.2) is 4.98 Å². The van der Waals surface area contributed by atoms with Crippen LogP contribution in [0.15, 0.2) is 33.9 Å². The van der Waals surface area contributed by atoms with Gasteiger partial charge in [0.25, 0.3) is 0 Å². The molecule has 0 saturated heterocycles. The second kappa shape index (κ2) is 5.15. The molecule has 0 aliphatic heterocycles. The maximum Gasteiger partial charge on any atom is 0.177 e. The zero-order valence-electron chi connectivity index (χ0n) is 8.61. The van der Waals surface area contributed by atoms with Crippen molar-refractivity contribution in [3.05, 3.63) is 41.9 Å². The van der Waals surface area contributed by atoms with Crippen molar-refractivity contribution in [2.75, 3.05) is 5.43 Å². The highest BCUT2D eigenvalue weighted by molar-refractivity contribution is 7.98.